The zero-order chi connectivity index (χ0) is 12.1. The molecule has 1 aliphatic carbocycles. The third-order valence-electron chi connectivity index (χ3n) is 2.51. The van der Waals surface area contributed by atoms with Crippen LogP contribution >= 0.6 is 0 Å². The molecule has 1 rings (SSSR count). The molecule has 0 fully saturated rings. The van der Waals surface area contributed by atoms with Crippen LogP contribution in [-0.2, 0) is 9.47 Å². The van der Waals surface area contributed by atoms with Gasteiger partial charge in [0.05, 0.1) is 12.4 Å². The Bertz CT molecular complexity index is 362. The van der Waals surface area contributed by atoms with Crippen LogP contribution < -0.4 is 0 Å². The minimum absolute atomic E-state index is 0.337. The highest BCUT2D eigenvalue weighted by Gasteiger charge is 2.27. The molecule has 16 heavy (non-hydrogen) atoms. The van der Waals surface area contributed by atoms with Gasteiger partial charge in [-0.3, -0.25) is 0 Å². The third-order valence-corrected chi connectivity index (χ3v) is 2.51. The first-order valence-electron chi connectivity index (χ1n) is 4.91. The van der Waals surface area contributed by atoms with Gasteiger partial charge in [0.1, 0.15) is 6.10 Å². The lowest BCUT2D eigenvalue weighted by Gasteiger charge is -2.26. The van der Waals surface area contributed by atoms with Crippen molar-refractivity contribution < 1.29 is 19.4 Å². The molecular weight excluding hydrogens is 208 g/mol. The molecule has 0 radical (unpaired) electrons. The predicted molar refractivity (Wildman–Crippen MR) is 58.3 cm³/mol. The van der Waals surface area contributed by atoms with Crippen molar-refractivity contribution in [3.8, 4) is 12.3 Å². The van der Waals surface area contributed by atoms with Crippen molar-refractivity contribution in [2.75, 3.05) is 0 Å². The van der Waals surface area contributed by atoms with Gasteiger partial charge < -0.3 is 14.6 Å². The van der Waals surface area contributed by atoms with E-state index >= 15 is 0 Å². The van der Waals surface area contributed by atoms with E-state index in [-0.39, 0.29) is 0 Å². The van der Waals surface area contributed by atoms with Crippen molar-refractivity contribution in [2.45, 2.75) is 32.0 Å². The summed E-state index contributed by atoms with van der Waals surface area (Å²) in [5.74, 6) is 2.49. The Hall–Kier alpha value is -1.73. The fourth-order valence-electron chi connectivity index (χ4n) is 1.59. The average Bonchev–Trinajstić information content (AvgIpc) is 2.23. The van der Waals surface area contributed by atoms with Crippen LogP contribution in [0.3, 0.4) is 0 Å². The average molecular weight is 222 g/mol. The smallest absolute Gasteiger partial charge is 0.430 e. The van der Waals surface area contributed by atoms with Crippen LogP contribution in [0.4, 0.5) is 4.79 Å². The zero-order valence-corrected chi connectivity index (χ0v) is 9.10. The molecule has 0 unspecified atom stereocenters. The molecule has 0 bridgehead atoms. The summed E-state index contributed by atoms with van der Waals surface area (Å²) in [7, 11) is 0. The Balaban J connectivity index is 2.65. The molecule has 0 aromatic carbocycles. The first-order chi connectivity index (χ1) is 7.58. The van der Waals surface area contributed by atoms with Crippen molar-refractivity contribution in [3.63, 3.8) is 0 Å². The van der Waals surface area contributed by atoms with Crippen LogP contribution in [0.25, 0.3) is 0 Å². The number of ether oxygens (including phenoxy) is 2. The molecule has 86 valence electrons. The minimum Gasteiger partial charge on any atom is -0.430 e. The van der Waals surface area contributed by atoms with Crippen molar-refractivity contribution in [3.05, 3.63) is 24.0 Å². The van der Waals surface area contributed by atoms with E-state index in [0.29, 0.717) is 18.4 Å². The lowest BCUT2D eigenvalue weighted by Crippen LogP contribution is -2.29. The summed E-state index contributed by atoms with van der Waals surface area (Å²) in [6.07, 6.45) is 5.12. The summed E-state index contributed by atoms with van der Waals surface area (Å²) < 4.78 is 9.39. The Morgan fingerprint density at radius 3 is 3.00 bits per heavy atom. The Morgan fingerprint density at radius 1 is 1.75 bits per heavy atom. The third kappa shape index (κ3) is 2.88. The van der Waals surface area contributed by atoms with Gasteiger partial charge in [-0.25, -0.2) is 4.79 Å². The van der Waals surface area contributed by atoms with Gasteiger partial charge in [0.25, 0.3) is 0 Å². The van der Waals surface area contributed by atoms with Crippen LogP contribution in [0.15, 0.2) is 24.0 Å². The van der Waals surface area contributed by atoms with E-state index in [1.165, 1.54) is 0 Å². The number of terminal acetylenes is 1. The van der Waals surface area contributed by atoms with Crippen molar-refractivity contribution in [1.82, 2.24) is 0 Å². The quantitative estimate of drug-likeness (QED) is 0.439. The zero-order valence-electron chi connectivity index (χ0n) is 9.10. The molecule has 1 N–H and O–H groups in total. The lowest BCUT2D eigenvalue weighted by atomic mass is 9.89. The number of hydrogen-bond donors (Lipinski definition) is 1. The highest BCUT2D eigenvalue weighted by atomic mass is 16.7. The summed E-state index contributed by atoms with van der Waals surface area (Å²) in [4.78, 5) is 11.0. The fraction of sp³-hybridized carbons (Fsp3) is 0.417. The molecule has 0 aromatic rings. The molecule has 4 heteroatoms. The normalized spacial score (nSPS) is 24.6. The molecule has 2 atom stereocenters. The van der Waals surface area contributed by atoms with E-state index < -0.39 is 18.4 Å². The number of carbonyl (C=O) groups excluding carboxylic acids is 1. The van der Waals surface area contributed by atoms with Gasteiger partial charge >= 0.3 is 6.16 Å². The van der Waals surface area contributed by atoms with Gasteiger partial charge in [0.2, 0.25) is 0 Å². The second kappa shape index (κ2) is 5.38. The van der Waals surface area contributed by atoms with Crippen LogP contribution in [0.5, 0.6) is 0 Å². The van der Waals surface area contributed by atoms with Crippen molar-refractivity contribution >= 4 is 6.16 Å². The molecule has 0 amide bonds. The topological polar surface area (TPSA) is 55.8 Å². The number of hydrogen-bond acceptors (Lipinski definition) is 4. The molecule has 1 aliphatic rings. The van der Waals surface area contributed by atoms with Crippen LogP contribution in [0.1, 0.15) is 19.8 Å². The summed E-state index contributed by atoms with van der Waals surface area (Å²) in [5.41, 5.74) is 1.44. The maximum Gasteiger partial charge on any atom is 0.513 e. The second-order valence-electron chi connectivity index (χ2n) is 3.54. The SMILES string of the molecule is C#CC1=C(C)[C@H](O)C[C@H](OC(=O)OC=C)C1. The van der Waals surface area contributed by atoms with E-state index in [2.05, 4.69) is 17.2 Å². The summed E-state index contributed by atoms with van der Waals surface area (Å²) >= 11 is 0. The van der Waals surface area contributed by atoms with Gasteiger partial charge in [-0.1, -0.05) is 12.5 Å². The largest absolute Gasteiger partial charge is 0.513 e. The fourth-order valence-corrected chi connectivity index (χ4v) is 1.59. The van der Waals surface area contributed by atoms with Gasteiger partial charge in [0, 0.05) is 18.4 Å². The number of aliphatic hydroxyl groups is 1. The molecule has 0 heterocycles. The van der Waals surface area contributed by atoms with Crippen LogP contribution in [-0.4, -0.2) is 23.5 Å². The van der Waals surface area contributed by atoms with E-state index in [4.69, 9.17) is 11.2 Å². The van der Waals surface area contributed by atoms with Gasteiger partial charge in [0.15, 0.2) is 0 Å². The molecule has 0 saturated carbocycles. The first-order valence-corrected chi connectivity index (χ1v) is 4.91. The molecule has 4 nitrogen and oxygen atoms in total. The number of aliphatic hydroxyl groups excluding tert-OH is 1. The lowest BCUT2D eigenvalue weighted by molar-refractivity contribution is 0.0225. The molecule has 0 saturated heterocycles. The maximum absolute atomic E-state index is 11.0. The van der Waals surface area contributed by atoms with Crippen molar-refractivity contribution in [2.24, 2.45) is 0 Å². The van der Waals surface area contributed by atoms with E-state index in [9.17, 15) is 9.90 Å². The maximum atomic E-state index is 11.0. The van der Waals surface area contributed by atoms with Crippen LogP contribution in [0.2, 0.25) is 0 Å². The molecular formula is C12H14O4. The summed E-state index contributed by atoms with van der Waals surface area (Å²) in [6, 6.07) is 0. The molecule has 0 aliphatic heterocycles. The standard InChI is InChI=1S/C12H14O4/c1-4-9-6-10(7-11(13)8(9)3)16-12(14)15-5-2/h1,5,10-11,13H,2,6-7H2,3H3/t10-,11-/m1/s1. The molecule has 0 aromatic heterocycles. The van der Waals surface area contributed by atoms with Gasteiger partial charge in [-0.05, 0) is 12.5 Å². The first kappa shape index (κ1) is 12.3. The highest BCUT2D eigenvalue weighted by molar-refractivity contribution is 5.61. The Kier molecular flexibility index (Phi) is 4.15. The minimum atomic E-state index is -0.830. The monoisotopic (exact) mass is 222 g/mol. The van der Waals surface area contributed by atoms with E-state index in [0.717, 1.165) is 11.8 Å². The van der Waals surface area contributed by atoms with E-state index in [1.807, 2.05) is 0 Å². The summed E-state index contributed by atoms with van der Waals surface area (Å²) in [6.45, 7) is 5.01. The Labute approximate surface area is 94.6 Å². The van der Waals surface area contributed by atoms with E-state index in [1.54, 1.807) is 6.92 Å². The van der Waals surface area contributed by atoms with Gasteiger partial charge in [-0.15, -0.1) is 6.42 Å². The van der Waals surface area contributed by atoms with Gasteiger partial charge in [-0.2, -0.15) is 0 Å². The predicted octanol–water partition coefficient (Wildman–Crippen LogP) is 1.76. The number of rotatable bonds is 2. The van der Waals surface area contributed by atoms with Crippen molar-refractivity contribution in [1.29, 1.82) is 0 Å². The summed E-state index contributed by atoms with van der Waals surface area (Å²) in [5, 5.41) is 9.69. The Morgan fingerprint density at radius 2 is 2.44 bits per heavy atom. The number of carbonyl (C=O) groups is 1. The van der Waals surface area contributed by atoms with Crippen LogP contribution in [0, 0.1) is 12.3 Å². The highest BCUT2D eigenvalue weighted by Crippen LogP contribution is 2.26. The second-order valence-corrected chi connectivity index (χ2v) is 3.54. The molecule has 0 spiro atoms.